The number of rotatable bonds is 12. The fourth-order valence-corrected chi connectivity index (χ4v) is 5.91. The second-order valence-electron chi connectivity index (χ2n) is 13.9. The molecule has 0 radical (unpaired) electrons. The van der Waals surface area contributed by atoms with Gasteiger partial charge in [-0.25, -0.2) is 5.48 Å². The van der Waals surface area contributed by atoms with E-state index in [1.54, 1.807) is 98.8 Å². The molecule has 1 fully saturated rings. The third-order valence-corrected chi connectivity index (χ3v) is 9.08. The molecule has 0 spiro atoms. The molecule has 0 aromatic heterocycles. The number of aliphatic hydroxyl groups is 1. The van der Waals surface area contributed by atoms with Gasteiger partial charge in [0.2, 0.25) is 11.8 Å². The van der Waals surface area contributed by atoms with Crippen molar-refractivity contribution in [3.05, 3.63) is 197 Å². The Morgan fingerprint density at radius 3 is 1.32 bits per heavy atom. The number of hydrogen-bond donors (Lipinski definition) is 3. The molecule has 11 heteroatoms. The number of benzene rings is 6. The molecule has 7 rings (SSSR count). The van der Waals surface area contributed by atoms with Crippen LogP contribution in [-0.4, -0.2) is 52.9 Å². The Balaban J connectivity index is 0.000000171. The fraction of sp³-hybridized carbons (Fsp3) is 0.143. The molecule has 0 bridgehead atoms. The lowest BCUT2D eigenvalue weighted by Crippen LogP contribution is -2.29. The highest BCUT2D eigenvalue weighted by atomic mass is 16.7. The average Bonchev–Trinajstić information content (AvgIpc) is 3.55. The molecule has 2 atom stereocenters. The molecular formula is C49H45N3O8. The van der Waals surface area contributed by atoms with Crippen molar-refractivity contribution in [3.8, 4) is 0 Å². The first-order valence-corrected chi connectivity index (χ1v) is 19.2. The minimum absolute atomic E-state index is 0.0164. The van der Waals surface area contributed by atoms with Crippen LogP contribution in [0, 0.1) is 5.92 Å². The molecule has 1 aliphatic rings. The number of amides is 2. The summed E-state index contributed by atoms with van der Waals surface area (Å²) < 4.78 is 0. The normalized spacial score (nSPS) is 13.4. The lowest BCUT2D eigenvalue weighted by atomic mass is 10.0. The van der Waals surface area contributed by atoms with Crippen LogP contribution in [0.2, 0.25) is 0 Å². The van der Waals surface area contributed by atoms with Crippen LogP contribution in [0.25, 0.3) is 0 Å². The van der Waals surface area contributed by atoms with Crippen LogP contribution in [0.15, 0.2) is 164 Å². The molecule has 6 aromatic carbocycles. The van der Waals surface area contributed by atoms with Gasteiger partial charge in [-0.15, -0.1) is 0 Å². The van der Waals surface area contributed by atoms with E-state index in [4.69, 9.17) is 0 Å². The molecule has 3 N–H and O–H groups in total. The first kappa shape index (κ1) is 43.6. The third-order valence-electron chi connectivity index (χ3n) is 9.08. The number of carbonyl (C=O) groups excluding carboxylic acids is 6. The Morgan fingerprint density at radius 1 is 0.600 bits per heavy atom. The second-order valence-corrected chi connectivity index (χ2v) is 13.9. The zero-order valence-electron chi connectivity index (χ0n) is 33.4. The first-order valence-electron chi connectivity index (χ1n) is 19.2. The molecule has 60 heavy (non-hydrogen) atoms. The minimum atomic E-state index is -0.426. The van der Waals surface area contributed by atoms with Crippen LogP contribution in [0.5, 0.6) is 0 Å². The monoisotopic (exact) mass is 803 g/mol. The van der Waals surface area contributed by atoms with Crippen LogP contribution >= 0.6 is 0 Å². The van der Waals surface area contributed by atoms with Crippen LogP contribution in [-0.2, 0) is 19.2 Å². The molecule has 2 amide bonds. The maximum Gasteiger partial charge on any atom is 0.329 e. The molecule has 1 heterocycles. The summed E-state index contributed by atoms with van der Waals surface area (Å²) in [7, 11) is 0. The summed E-state index contributed by atoms with van der Waals surface area (Å²) in [5.41, 5.74) is 8.22. The van der Waals surface area contributed by atoms with E-state index in [2.05, 4.69) is 15.6 Å². The number of nitrogens with one attached hydrogen (secondary N) is 2. The Hall–Kier alpha value is -7.50. The summed E-state index contributed by atoms with van der Waals surface area (Å²) in [6.07, 6.45) is -0.158. The van der Waals surface area contributed by atoms with Crippen LogP contribution in [0.1, 0.15) is 75.0 Å². The van der Waals surface area contributed by atoms with Crippen molar-refractivity contribution in [1.29, 1.82) is 0 Å². The predicted molar refractivity (Wildman–Crippen MR) is 231 cm³/mol. The van der Waals surface area contributed by atoms with Gasteiger partial charge >= 0.3 is 5.97 Å². The van der Waals surface area contributed by atoms with Gasteiger partial charge in [-0.2, -0.15) is 0 Å². The van der Waals surface area contributed by atoms with Crippen molar-refractivity contribution in [2.45, 2.75) is 33.3 Å². The summed E-state index contributed by atoms with van der Waals surface area (Å²) >= 11 is 0. The highest BCUT2D eigenvalue weighted by molar-refractivity contribution is 6.21. The van der Waals surface area contributed by atoms with Gasteiger partial charge in [0.1, 0.15) is 0 Å². The molecule has 11 nitrogen and oxygen atoms in total. The van der Waals surface area contributed by atoms with E-state index in [1.807, 2.05) is 78.9 Å². The molecule has 2 unspecified atom stereocenters. The van der Waals surface area contributed by atoms with Gasteiger partial charge in [0, 0.05) is 64.9 Å². The number of nitrogens with zero attached hydrogens (tertiary/aromatic N) is 1. The average molecular weight is 804 g/mol. The number of aliphatic hydroxyl groups excluding tert-OH is 1. The first-order chi connectivity index (χ1) is 28.9. The smallest absolute Gasteiger partial charge is 0.329 e. The zero-order valence-corrected chi connectivity index (χ0v) is 33.4. The summed E-state index contributed by atoms with van der Waals surface area (Å²) in [5, 5.41) is 12.3. The zero-order chi connectivity index (χ0) is 43.0. The highest BCUT2D eigenvalue weighted by Crippen LogP contribution is 2.27. The van der Waals surface area contributed by atoms with Crippen molar-refractivity contribution in [2.24, 2.45) is 5.92 Å². The van der Waals surface area contributed by atoms with Gasteiger partial charge in [-0.1, -0.05) is 97.9 Å². The number of anilines is 3. The Kier molecular flexibility index (Phi) is 15.5. The minimum Gasteiger partial charge on any atom is -0.392 e. The largest absolute Gasteiger partial charge is 0.392 e. The standard InChI is InChI=1S/C18H15NO3.C16H17NO2.C15H13NO3/c1-12-11-16(20)19(18(12)22)15-9-7-14(8-10-15)17(21)13-5-3-2-4-6-13;1-12(18)11-17-15-9-7-14(8-10-15)16(19)13-5-3-2-4-6-13;1-11(17)19-16-14-9-7-13(8-10-14)15(18)12-5-3-2-4-6-12/h2-10,12H,11H2,1H3;2-10,12,17-18H,11H2,1H3;2-10,16H,1H3. The van der Waals surface area contributed by atoms with Gasteiger partial charge in [0.25, 0.3) is 0 Å². The summed E-state index contributed by atoms with van der Waals surface area (Å²) in [5.74, 6) is -1.20. The van der Waals surface area contributed by atoms with Crippen molar-refractivity contribution in [1.82, 2.24) is 0 Å². The van der Waals surface area contributed by atoms with Gasteiger partial charge in [0.05, 0.1) is 17.5 Å². The van der Waals surface area contributed by atoms with E-state index in [0.717, 1.165) is 5.69 Å². The van der Waals surface area contributed by atoms with E-state index in [0.29, 0.717) is 51.3 Å². The Bertz CT molecular complexity index is 2380. The summed E-state index contributed by atoms with van der Waals surface area (Å²) in [4.78, 5) is 76.9. The van der Waals surface area contributed by atoms with Gasteiger partial charge in [-0.05, 0) is 79.7 Å². The lowest BCUT2D eigenvalue weighted by molar-refractivity contribution is -0.138. The van der Waals surface area contributed by atoms with E-state index < -0.39 is 12.1 Å². The Labute approximate surface area is 348 Å². The van der Waals surface area contributed by atoms with E-state index >= 15 is 0 Å². The Morgan fingerprint density at radius 2 is 0.967 bits per heavy atom. The van der Waals surface area contributed by atoms with Crippen LogP contribution < -0.4 is 15.7 Å². The van der Waals surface area contributed by atoms with E-state index in [-0.39, 0.29) is 41.5 Å². The maximum atomic E-state index is 12.3. The van der Waals surface area contributed by atoms with Crippen molar-refractivity contribution in [2.75, 3.05) is 22.2 Å². The van der Waals surface area contributed by atoms with E-state index in [9.17, 15) is 33.9 Å². The van der Waals surface area contributed by atoms with Crippen molar-refractivity contribution in [3.63, 3.8) is 0 Å². The molecule has 6 aromatic rings. The lowest BCUT2D eigenvalue weighted by Gasteiger charge is -2.14. The van der Waals surface area contributed by atoms with Gasteiger partial charge < -0.3 is 15.3 Å². The molecule has 1 aliphatic heterocycles. The summed E-state index contributed by atoms with van der Waals surface area (Å²) in [6.45, 7) is 5.26. The topological polar surface area (TPSA) is 159 Å². The number of ketones is 3. The summed E-state index contributed by atoms with van der Waals surface area (Å²) in [6, 6.07) is 47.8. The van der Waals surface area contributed by atoms with Gasteiger partial charge in [0.15, 0.2) is 17.3 Å². The number of imide groups is 1. The fourth-order valence-electron chi connectivity index (χ4n) is 5.91. The SMILES string of the molecule is CC(=O)ONc1ccc(C(=O)c2ccccc2)cc1.CC(O)CNc1ccc(C(=O)c2ccccc2)cc1.CC1CC(=O)N(c2ccc(C(=O)c3ccccc3)cc2)C1=O. The molecule has 304 valence electrons. The van der Waals surface area contributed by atoms with Gasteiger partial charge in [-0.3, -0.25) is 33.7 Å². The van der Waals surface area contributed by atoms with Crippen molar-refractivity contribution >= 4 is 52.2 Å². The molecular weight excluding hydrogens is 759 g/mol. The molecule has 0 aliphatic carbocycles. The second kappa shape index (κ2) is 21.3. The number of hydrogen-bond acceptors (Lipinski definition) is 10. The van der Waals surface area contributed by atoms with Crippen LogP contribution in [0.3, 0.4) is 0 Å². The molecule has 1 saturated heterocycles. The van der Waals surface area contributed by atoms with Crippen molar-refractivity contribution < 1.29 is 38.7 Å². The third kappa shape index (κ3) is 12.3. The van der Waals surface area contributed by atoms with Crippen LogP contribution in [0.4, 0.5) is 17.1 Å². The number of carbonyl (C=O) groups is 6. The highest BCUT2D eigenvalue weighted by Gasteiger charge is 2.36. The maximum absolute atomic E-state index is 12.3. The quantitative estimate of drug-likeness (QED) is 0.0624. The predicted octanol–water partition coefficient (Wildman–Crippen LogP) is 8.33. The van der Waals surface area contributed by atoms with E-state index in [1.165, 1.54) is 11.8 Å². The molecule has 0 saturated carbocycles.